The van der Waals surface area contributed by atoms with E-state index in [2.05, 4.69) is 42.8 Å². The van der Waals surface area contributed by atoms with E-state index in [1.165, 1.54) is 50.5 Å². The minimum atomic E-state index is -0.148. The van der Waals surface area contributed by atoms with Crippen LogP contribution in [-0.2, 0) is 4.79 Å². The van der Waals surface area contributed by atoms with Crippen molar-refractivity contribution in [2.24, 2.45) is 17.6 Å². The lowest BCUT2D eigenvalue weighted by Gasteiger charge is -2.37. The second-order valence-electron chi connectivity index (χ2n) is 12.7. The van der Waals surface area contributed by atoms with E-state index in [4.69, 9.17) is 11.1 Å². The van der Waals surface area contributed by atoms with E-state index in [1.54, 1.807) is 5.57 Å². The summed E-state index contributed by atoms with van der Waals surface area (Å²) in [6.07, 6.45) is 20.4. The lowest BCUT2D eigenvalue weighted by atomic mass is 9.85. The normalized spacial score (nSPS) is 24.2. The Kier molecular flexibility index (Phi) is 12.4. The number of hydrogen-bond donors (Lipinski definition) is 3. The molecule has 2 saturated heterocycles. The second kappa shape index (κ2) is 15.5. The summed E-state index contributed by atoms with van der Waals surface area (Å²) in [7, 11) is 0. The Morgan fingerprint density at radius 1 is 1.15 bits per heavy atom. The number of allylic oxidation sites excluding steroid dienone is 4. The molecule has 3 aliphatic rings. The zero-order valence-corrected chi connectivity index (χ0v) is 25.3. The predicted molar refractivity (Wildman–Crippen MR) is 165 cm³/mol. The molecule has 222 valence electrons. The Bertz CT molecular complexity index is 1000. The lowest BCUT2D eigenvalue weighted by Crippen LogP contribution is -2.52. The van der Waals surface area contributed by atoms with Crippen LogP contribution in [0.4, 0.5) is 4.79 Å². The van der Waals surface area contributed by atoms with Crippen LogP contribution in [0.3, 0.4) is 0 Å². The third-order valence-electron chi connectivity index (χ3n) is 8.81. The molecule has 0 aliphatic carbocycles. The van der Waals surface area contributed by atoms with Crippen LogP contribution in [-0.4, -0.2) is 59.2 Å². The Morgan fingerprint density at radius 3 is 2.60 bits per heavy atom. The first kappa shape index (κ1) is 32.0. The van der Waals surface area contributed by atoms with Crippen LogP contribution in [0, 0.1) is 17.2 Å². The number of hydrogen-bond acceptors (Lipinski definition) is 5. The highest BCUT2D eigenvalue weighted by Gasteiger charge is 2.37. The van der Waals surface area contributed by atoms with Crippen molar-refractivity contribution in [3.05, 3.63) is 47.7 Å². The van der Waals surface area contributed by atoms with Gasteiger partial charge in [0.1, 0.15) is 5.78 Å². The third-order valence-corrected chi connectivity index (χ3v) is 8.81. The Labute approximate surface area is 242 Å². The number of carbonyl (C=O) groups is 2. The highest BCUT2D eigenvalue weighted by molar-refractivity contribution is 6.08. The van der Waals surface area contributed by atoms with Crippen LogP contribution < -0.4 is 11.1 Å². The Balaban J connectivity index is 1.48. The number of nitrogens with zero attached hydrogens (tertiary/aromatic N) is 2. The van der Waals surface area contributed by atoms with Crippen LogP contribution in [0.1, 0.15) is 97.8 Å². The second-order valence-corrected chi connectivity index (χ2v) is 12.7. The molecule has 2 fully saturated rings. The standard InChI is InChI=1S/C33H53N5O2/c1-25(2)8-9-30(24-29-7-5-19-38-20-6-16-33(38,35)17-12-29)11-10-28-14-21-37(22-15-28)32(40)36-18-13-31(34)26(3)23-27(4)39/h7,10,13,18,25,30,34H,3,5-6,8-9,11-12,14-17,19-24,35H2,1-2,4H3,(H,36,40)/b18-13-,29-7-,34-31?/t30?,33-/m0/s1. The van der Waals surface area contributed by atoms with Crippen molar-refractivity contribution in [2.45, 2.75) is 103 Å². The van der Waals surface area contributed by atoms with Gasteiger partial charge < -0.3 is 21.4 Å². The molecule has 7 heteroatoms. The number of ketones is 1. The molecule has 3 rings (SSSR count). The van der Waals surface area contributed by atoms with Crippen LogP contribution in [0.2, 0.25) is 0 Å². The number of amides is 2. The molecule has 0 aromatic rings. The van der Waals surface area contributed by atoms with Crippen molar-refractivity contribution in [3.8, 4) is 0 Å². The third kappa shape index (κ3) is 10.2. The summed E-state index contributed by atoms with van der Waals surface area (Å²) < 4.78 is 0. The highest BCUT2D eigenvalue weighted by Crippen LogP contribution is 2.35. The molecule has 0 bridgehead atoms. The number of fused-ring (bicyclic) bond motifs is 1. The number of Topliss-reactive ketones (excluding diaryl/α,β-unsaturated/α-hetero) is 1. The predicted octanol–water partition coefficient (Wildman–Crippen LogP) is 6.48. The molecule has 3 heterocycles. The van der Waals surface area contributed by atoms with E-state index in [1.807, 2.05) is 4.90 Å². The van der Waals surface area contributed by atoms with Crippen molar-refractivity contribution in [1.29, 1.82) is 5.41 Å². The zero-order valence-electron chi connectivity index (χ0n) is 25.3. The SMILES string of the molecule is C=C(CC(C)=O)C(=N)/C=C\NC(=O)N1CCC(=CCC(CCC(C)C)C/C2=C\CCN3CCC[C@@]3(N)CC2)CC1. The van der Waals surface area contributed by atoms with Crippen molar-refractivity contribution >= 4 is 17.5 Å². The van der Waals surface area contributed by atoms with Gasteiger partial charge in [-0.25, -0.2) is 4.79 Å². The van der Waals surface area contributed by atoms with E-state index in [-0.39, 0.29) is 29.6 Å². The summed E-state index contributed by atoms with van der Waals surface area (Å²) in [5.74, 6) is 1.35. The van der Waals surface area contributed by atoms with Gasteiger partial charge in [0, 0.05) is 38.8 Å². The number of rotatable bonds is 12. The van der Waals surface area contributed by atoms with Gasteiger partial charge in [-0.3, -0.25) is 9.69 Å². The fourth-order valence-electron chi connectivity index (χ4n) is 6.24. The zero-order chi connectivity index (χ0) is 29.1. The molecule has 0 radical (unpaired) electrons. The van der Waals surface area contributed by atoms with Crippen molar-refractivity contribution < 1.29 is 9.59 Å². The summed E-state index contributed by atoms with van der Waals surface area (Å²) in [5.41, 5.74) is 10.4. The van der Waals surface area contributed by atoms with Gasteiger partial charge >= 0.3 is 6.03 Å². The first-order chi connectivity index (χ1) is 19.1. The number of carbonyl (C=O) groups excluding carboxylic acids is 2. The van der Waals surface area contributed by atoms with E-state index in [9.17, 15) is 9.59 Å². The molecule has 0 aromatic heterocycles. The lowest BCUT2D eigenvalue weighted by molar-refractivity contribution is -0.116. The molecule has 40 heavy (non-hydrogen) atoms. The van der Waals surface area contributed by atoms with Gasteiger partial charge in [-0.05, 0) is 94.6 Å². The van der Waals surface area contributed by atoms with Crippen LogP contribution in [0.25, 0.3) is 0 Å². The van der Waals surface area contributed by atoms with Gasteiger partial charge in [-0.2, -0.15) is 0 Å². The van der Waals surface area contributed by atoms with E-state index >= 15 is 0 Å². The fraction of sp³-hybridized carbons (Fsp3) is 0.667. The van der Waals surface area contributed by atoms with Crippen LogP contribution >= 0.6 is 0 Å². The maximum Gasteiger partial charge on any atom is 0.321 e. The maximum absolute atomic E-state index is 12.6. The van der Waals surface area contributed by atoms with Gasteiger partial charge in [0.2, 0.25) is 0 Å². The topological polar surface area (TPSA) is 103 Å². The monoisotopic (exact) mass is 551 g/mol. The molecule has 3 aliphatic heterocycles. The van der Waals surface area contributed by atoms with Crippen LogP contribution in [0.5, 0.6) is 0 Å². The summed E-state index contributed by atoms with van der Waals surface area (Å²) in [5, 5.41) is 10.7. The minimum absolute atomic E-state index is 0.0302. The molecule has 1 unspecified atom stereocenters. The molecule has 2 amide bonds. The maximum atomic E-state index is 12.6. The molecular weight excluding hydrogens is 498 g/mol. The summed E-state index contributed by atoms with van der Waals surface area (Å²) in [6.45, 7) is 13.5. The molecule has 7 nitrogen and oxygen atoms in total. The number of nitrogens with two attached hydrogens (primary N) is 1. The minimum Gasteiger partial charge on any atom is -0.324 e. The molecule has 0 spiro atoms. The van der Waals surface area contributed by atoms with Gasteiger partial charge in [-0.15, -0.1) is 0 Å². The van der Waals surface area contributed by atoms with Crippen molar-refractivity contribution in [3.63, 3.8) is 0 Å². The van der Waals surface area contributed by atoms with Gasteiger partial charge in [0.25, 0.3) is 0 Å². The van der Waals surface area contributed by atoms with Gasteiger partial charge in [0.05, 0.1) is 11.4 Å². The van der Waals surface area contributed by atoms with E-state index in [0.29, 0.717) is 30.5 Å². The summed E-state index contributed by atoms with van der Waals surface area (Å²) in [6, 6.07) is -0.148. The molecular formula is C33H53N5O2. The quantitative estimate of drug-likeness (QED) is 0.191. The van der Waals surface area contributed by atoms with E-state index < -0.39 is 0 Å². The summed E-state index contributed by atoms with van der Waals surface area (Å²) >= 11 is 0. The molecule has 0 aromatic carbocycles. The molecule has 4 N–H and O–H groups in total. The first-order valence-corrected chi connectivity index (χ1v) is 15.4. The van der Waals surface area contributed by atoms with Crippen molar-refractivity contribution in [1.82, 2.24) is 15.1 Å². The van der Waals surface area contributed by atoms with Crippen molar-refractivity contribution in [2.75, 3.05) is 26.2 Å². The summed E-state index contributed by atoms with van der Waals surface area (Å²) in [4.78, 5) is 28.1. The largest absolute Gasteiger partial charge is 0.324 e. The smallest absolute Gasteiger partial charge is 0.321 e. The molecule has 0 saturated carbocycles. The number of nitrogens with one attached hydrogen (secondary N) is 2. The number of likely N-dealkylation sites (tertiary alicyclic amines) is 1. The van der Waals surface area contributed by atoms with Gasteiger partial charge in [-0.1, -0.05) is 50.1 Å². The fourth-order valence-corrected chi connectivity index (χ4v) is 6.24. The Morgan fingerprint density at radius 2 is 1.90 bits per heavy atom. The first-order valence-electron chi connectivity index (χ1n) is 15.4. The average Bonchev–Trinajstić information content (AvgIpc) is 3.26. The Hall–Kier alpha value is -2.51. The number of piperidine rings is 1. The molecule has 2 atom stereocenters. The number of urea groups is 1. The van der Waals surface area contributed by atoms with Gasteiger partial charge in [0.15, 0.2) is 0 Å². The average molecular weight is 552 g/mol. The van der Waals surface area contributed by atoms with Crippen LogP contribution in [0.15, 0.2) is 47.7 Å². The highest BCUT2D eigenvalue weighted by atomic mass is 16.2. The van der Waals surface area contributed by atoms with E-state index in [0.717, 1.165) is 58.0 Å².